The van der Waals surface area contributed by atoms with E-state index in [0.29, 0.717) is 24.5 Å². The summed E-state index contributed by atoms with van der Waals surface area (Å²) in [5.41, 5.74) is 7.06. The summed E-state index contributed by atoms with van der Waals surface area (Å²) >= 11 is 0. The molecule has 0 fully saturated rings. The van der Waals surface area contributed by atoms with Crippen molar-refractivity contribution in [2.75, 3.05) is 32.2 Å². The molecule has 2 amide bonds. The summed E-state index contributed by atoms with van der Waals surface area (Å²) in [4.78, 5) is 24.1. The van der Waals surface area contributed by atoms with Gasteiger partial charge in [0.1, 0.15) is 12.4 Å². The molecule has 0 unspecified atom stereocenters. The summed E-state index contributed by atoms with van der Waals surface area (Å²) < 4.78 is 10.4. The van der Waals surface area contributed by atoms with Crippen LogP contribution in [0.3, 0.4) is 0 Å². The van der Waals surface area contributed by atoms with E-state index < -0.39 is 5.91 Å². The minimum absolute atomic E-state index is 0.0370. The fourth-order valence-corrected chi connectivity index (χ4v) is 2.11. The van der Waals surface area contributed by atoms with Gasteiger partial charge in [-0.1, -0.05) is 29.8 Å². The standard InChI is InChI=1S/C19H23N3O4/c1-14-7-9-15(10-8-14)20-13-18(23)21-22-19(24)16-5-3-4-6-17(16)26-12-11-25-2/h3-10,20H,11-13H2,1-2H3,(H,21,23)(H,22,24). The van der Waals surface area contributed by atoms with E-state index in [1.807, 2.05) is 31.2 Å². The number of anilines is 1. The van der Waals surface area contributed by atoms with E-state index >= 15 is 0 Å². The SMILES string of the molecule is COCCOc1ccccc1C(=O)NNC(=O)CNc1ccc(C)cc1. The van der Waals surface area contributed by atoms with E-state index in [0.717, 1.165) is 11.3 Å². The Labute approximate surface area is 152 Å². The van der Waals surface area contributed by atoms with Crippen molar-refractivity contribution in [3.05, 3.63) is 59.7 Å². The monoisotopic (exact) mass is 357 g/mol. The van der Waals surface area contributed by atoms with Crippen molar-refractivity contribution in [1.29, 1.82) is 0 Å². The van der Waals surface area contributed by atoms with Gasteiger partial charge in [-0.3, -0.25) is 20.4 Å². The average Bonchev–Trinajstić information content (AvgIpc) is 2.66. The van der Waals surface area contributed by atoms with Gasteiger partial charge in [0.25, 0.3) is 11.8 Å². The van der Waals surface area contributed by atoms with Crippen LogP contribution in [0.15, 0.2) is 48.5 Å². The van der Waals surface area contributed by atoms with Crippen LogP contribution in [-0.2, 0) is 9.53 Å². The molecule has 7 heteroatoms. The highest BCUT2D eigenvalue weighted by atomic mass is 16.5. The molecule has 2 rings (SSSR count). The lowest BCUT2D eigenvalue weighted by Gasteiger charge is -2.12. The van der Waals surface area contributed by atoms with Crippen molar-refractivity contribution in [2.45, 2.75) is 6.92 Å². The number of benzene rings is 2. The molecule has 138 valence electrons. The number of carbonyl (C=O) groups is 2. The molecule has 0 aliphatic heterocycles. The Kier molecular flexibility index (Phi) is 7.45. The molecule has 0 aliphatic rings. The maximum atomic E-state index is 12.3. The summed E-state index contributed by atoms with van der Waals surface area (Å²) in [5.74, 6) is -0.396. The Bertz CT molecular complexity index is 732. The minimum Gasteiger partial charge on any atom is -0.490 e. The topological polar surface area (TPSA) is 88.7 Å². The largest absolute Gasteiger partial charge is 0.490 e. The van der Waals surface area contributed by atoms with Gasteiger partial charge in [0.15, 0.2) is 0 Å². The van der Waals surface area contributed by atoms with Gasteiger partial charge in [0.2, 0.25) is 0 Å². The van der Waals surface area contributed by atoms with E-state index in [2.05, 4.69) is 16.2 Å². The number of amides is 2. The number of nitrogens with one attached hydrogen (secondary N) is 3. The Morgan fingerprint density at radius 3 is 2.42 bits per heavy atom. The van der Waals surface area contributed by atoms with Gasteiger partial charge >= 0.3 is 0 Å². The fraction of sp³-hybridized carbons (Fsp3) is 0.263. The number of hydrazine groups is 1. The van der Waals surface area contributed by atoms with E-state index in [4.69, 9.17) is 9.47 Å². The van der Waals surface area contributed by atoms with Crippen LogP contribution in [0.25, 0.3) is 0 Å². The fourth-order valence-electron chi connectivity index (χ4n) is 2.11. The van der Waals surface area contributed by atoms with Crippen molar-refractivity contribution in [3.8, 4) is 5.75 Å². The third-order valence-electron chi connectivity index (χ3n) is 3.50. The lowest BCUT2D eigenvalue weighted by molar-refractivity contribution is -0.120. The minimum atomic E-state index is -0.457. The number of carbonyl (C=O) groups excluding carboxylic acids is 2. The smallest absolute Gasteiger partial charge is 0.273 e. The third-order valence-corrected chi connectivity index (χ3v) is 3.50. The first-order valence-corrected chi connectivity index (χ1v) is 8.20. The van der Waals surface area contributed by atoms with Crippen LogP contribution in [0.4, 0.5) is 5.69 Å². The van der Waals surface area contributed by atoms with Crippen LogP contribution in [0, 0.1) is 6.92 Å². The molecule has 0 aromatic heterocycles. The van der Waals surface area contributed by atoms with Crippen LogP contribution >= 0.6 is 0 Å². The van der Waals surface area contributed by atoms with Crippen molar-refractivity contribution < 1.29 is 19.1 Å². The van der Waals surface area contributed by atoms with Gasteiger partial charge in [0.05, 0.1) is 18.7 Å². The van der Waals surface area contributed by atoms with Gasteiger partial charge in [-0.2, -0.15) is 0 Å². The zero-order chi connectivity index (χ0) is 18.8. The second-order valence-electron chi connectivity index (χ2n) is 5.56. The third kappa shape index (κ3) is 6.10. The first-order valence-electron chi connectivity index (χ1n) is 8.20. The summed E-state index contributed by atoms with van der Waals surface area (Å²) in [6.07, 6.45) is 0. The molecule has 2 aromatic carbocycles. The lowest BCUT2D eigenvalue weighted by Crippen LogP contribution is -2.44. The lowest BCUT2D eigenvalue weighted by atomic mass is 10.2. The summed E-state index contributed by atoms with van der Waals surface area (Å²) in [7, 11) is 1.57. The van der Waals surface area contributed by atoms with E-state index in [1.54, 1.807) is 31.4 Å². The maximum Gasteiger partial charge on any atom is 0.273 e. The normalized spacial score (nSPS) is 10.1. The molecule has 0 saturated carbocycles. The first kappa shape index (κ1) is 19.3. The second kappa shape index (κ2) is 10.0. The Hall–Kier alpha value is -3.06. The molecule has 2 aromatic rings. The van der Waals surface area contributed by atoms with E-state index in [-0.39, 0.29) is 12.5 Å². The van der Waals surface area contributed by atoms with Gasteiger partial charge in [-0.05, 0) is 31.2 Å². The number of para-hydroxylation sites is 1. The van der Waals surface area contributed by atoms with Crippen molar-refractivity contribution in [2.24, 2.45) is 0 Å². The zero-order valence-corrected chi connectivity index (χ0v) is 14.9. The highest BCUT2D eigenvalue weighted by Gasteiger charge is 2.12. The molecular weight excluding hydrogens is 334 g/mol. The molecule has 7 nitrogen and oxygen atoms in total. The number of hydrogen-bond donors (Lipinski definition) is 3. The number of hydrogen-bond acceptors (Lipinski definition) is 5. The van der Waals surface area contributed by atoms with Crippen molar-refractivity contribution in [1.82, 2.24) is 10.9 Å². The van der Waals surface area contributed by atoms with Gasteiger partial charge in [-0.15, -0.1) is 0 Å². The molecule has 0 aliphatic carbocycles. The Balaban J connectivity index is 1.82. The number of aryl methyl sites for hydroxylation is 1. The summed E-state index contributed by atoms with van der Waals surface area (Å²) in [5, 5.41) is 2.98. The van der Waals surface area contributed by atoms with Crippen LogP contribution < -0.4 is 20.9 Å². The molecule has 0 spiro atoms. The van der Waals surface area contributed by atoms with Crippen molar-refractivity contribution in [3.63, 3.8) is 0 Å². The van der Waals surface area contributed by atoms with E-state index in [1.165, 1.54) is 0 Å². The number of ether oxygens (including phenoxy) is 2. The molecule has 0 bridgehead atoms. The number of rotatable bonds is 8. The molecule has 0 atom stereocenters. The molecule has 26 heavy (non-hydrogen) atoms. The zero-order valence-electron chi connectivity index (χ0n) is 14.9. The molecule has 0 saturated heterocycles. The van der Waals surface area contributed by atoms with Crippen LogP contribution in [-0.4, -0.2) is 38.7 Å². The summed E-state index contributed by atoms with van der Waals surface area (Å²) in [6, 6.07) is 14.5. The maximum absolute atomic E-state index is 12.3. The van der Waals surface area contributed by atoms with Gasteiger partial charge < -0.3 is 14.8 Å². The molecule has 0 heterocycles. The highest BCUT2D eigenvalue weighted by Crippen LogP contribution is 2.17. The predicted molar refractivity (Wildman–Crippen MR) is 99.1 cm³/mol. The molecule has 0 radical (unpaired) electrons. The number of methoxy groups -OCH3 is 1. The summed E-state index contributed by atoms with van der Waals surface area (Å²) in [6.45, 7) is 2.77. The van der Waals surface area contributed by atoms with Gasteiger partial charge in [-0.25, -0.2) is 0 Å². The Morgan fingerprint density at radius 2 is 1.69 bits per heavy atom. The Morgan fingerprint density at radius 1 is 0.962 bits per heavy atom. The quantitative estimate of drug-likeness (QED) is 0.496. The highest BCUT2D eigenvalue weighted by molar-refractivity contribution is 5.98. The van der Waals surface area contributed by atoms with Crippen LogP contribution in [0.1, 0.15) is 15.9 Å². The van der Waals surface area contributed by atoms with Gasteiger partial charge in [0, 0.05) is 12.8 Å². The predicted octanol–water partition coefficient (Wildman–Crippen LogP) is 1.89. The van der Waals surface area contributed by atoms with Crippen LogP contribution in [0.5, 0.6) is 5.75 Å². The molecule has 3 N–H and O–H groups in total. The first-order chi connectivity index (χ1) is 12.6. The van der Waals surface area contributed by atoms with Crippen molar-refractivity contribution >= 4 is 17.5 Å². The van der Waals surface area contributed by atoms with E-state index in [9.17, 15) is 9.59 Å². The molecular formula is C19H23N3O4. The van der Waals surface area contributed by atoms with Crippen LogP contribution in [0.2, 0.25) is 0 Å². The second-order valence-corrected chi connectivity index (χ2v) is 5.56. The average molecular weight is 357 g/mol.